The molecule has 0 saturated heterocycles. The van der Waals surface area contributed by atoms with Gasteiger partial charge in [-0.2, -0.15) is 0 Å². The van der Waals surface area contributed by atoms with Crippen molar-refractivity contribution in [2.75, 3.05) is 6.54 Å². The maximum Gasteiger partial charge on any atom is 0.195 e. The van der Waals surface area contributed by atoms with Crippen LogP contribution < -0.4 is 10.6 Å². The van der Waals surface area contributed by atoms with Crippen molar-refractivity contribution >= 4 is 11.8 Å². The molecule has 1 unspecified atom stereocenters. The molecule has 0 fully saturated rings. The Bertz CT molecular complexity index is 320. The molecule has 0 radical (unpaired) electrons. The molecule has 3 nitrogen and oxygen atoms in total. The van der Waals surface area contributed by atoms with Crippen LogP contribution in [0.1, 0.15) is 13.3 Å². The molecule has 0 bridgehead atoms. The second-order valence-corrected chi connectivity index (χ2v) is 4.45. The van der Waals surface area contributed by atoms with Gasteiger partial charge in [0.2, 0.25) is 0 Å². The smallest absolute Gasteiger partial charge is 0.195 e. The number of dihydropyridines is 1. The van der Waals surface area contributed by atoms with Crippen LogP contribution in [0.3, 0.4) is 0 Å². The molecule has 0 aromatic rings. The van der Waals surface area contributed by atoms with Crippen LogP contribution in [-0.4, -0.2) is 17.0 Å². The predicted molar refractivity (Wildman–Crippen MR) is 59.7 cm³/mol. The molecular weight excluding hydrogens is 196 g/mol. The van der Waals surface area contributed by atoms with Crippen LogP contribution in [-0.2, 0) is 0 Å². The first-order valence-electron chi connectivity index (χ1n) is 4.75. The Morgan fingerprint density at radius 3 is 3.07 bits per heavy atom. The van der Waals surface area contributed by atoms with E-state index in [1.807, 2.05) is 12.3 Å². The molecule has 2 rings (SSSR count). The maximum atomic E-state index is 9.57. The molecular formula is C10H14N2OS. The van der Waals surface area contributed by atoms with E-state index in [1.165, 1.54) is 5.57 Å². The summed E-state index contributed by atoms with van der Waals surface area (Å²) >= 11 is 1.70. The average Bonchev–Trinajstić information content (AvgIpc) is 2.61. The first-order valence-corrected chi connectivity index (χ1v) is 5.63. The average molecular weight is 210 g/mol. The lowest BCUT2D eigenvalue weighted by molar-refractivity contribution is 0.365. The third-order valence-electron chi connectivity index (χ3n) is 2.28. The third kappa shape index (κ3) is 1.75. The Labute approximate surface area is 88.0 Å². The largest absolute Gasteiger partial charge is 0.494 e. The van der Waals surface area contributed by atoms with Gasteiger partial charge in [0.15, 0.2) is 5.88 Å². The van der Waals surface area contributed by atoms with E-state index in [1.54, 1.807) is 11.8 Å². The van der Waals surface area contributed by atoms with Gasteiger partial charge in [-0.3, -0.25) is 0 Å². The van der Waals surface area contributed by atoms with Crippen LogP contribution in [0, 0.1) is 0 Å². The number of nitrogens with one attached hydrogen (secondary N) is 2. The van der Waals surface area contributed by atoms with Gasteiger partial charge in [0.05, 0.1) is 0 Å². The zero-order valence-corrected chi connectivity index (χ0v) is 8.90. The quantitative estimate of drug-likeness (QED) is 0.650. The topological polar surface area (TPSA) is 44.3 Å². The summed E-state index contributed by atoms with van der Waals surface area (Å²) in [5.74, 6) is 0.345. The molecule has 2 aliphatic rings. The highest BCUT2D eigenvalue weighted by Crippen LogP contribution is 2.34. The summed E-state index contributed by atoms with van der Waals surface area (Å²) in [7, 11) is 0. The lowest BCUT2D eigenvalue weighted by Crippen LogP contribution is -2.28. The van der Waals surface area contributed by atoms with Crippen molar-refractivity contribution in [2.45, 2.75) is 18.7 Å². The molecule has 1 atom stereocenters. The van der Waals surface area contributed by atoms with Gasteiger partial charge in [-0.15, -0.1) is 0 Å². The lowest BCUT2D eigenvalue weighted by atomic mass is 10.2. The van der Waals surface area contributed by atoms with Gasteiger partial charge < -0.3 is 15.7 Å². The maximum absolute atomic E-state index is 9.57. The minimum atomic E-state index is 0.197. The molecule has 2 heterocycles. The number of hydrogen-bond donors (Lipinski definition) is 3. The molecule has 0 aromatic carbocycles. The van der Waals surface area contributed by atoms with Crippen LogP contribution in [0.5, 0.6) is 0 Å². The van der Waals surface area contributed by atoms with E-state index in [9.17, 15) is 5.11 Å². The zero-order chi connectivity index (χ0) is 9.97. The minimum Gasteiger partial charge on any atom is -0.494 e. The molecule has 14 heavy (non-hydrogen) atoms. The fourth-order valence-electron chi connectivity index (χ4n) is 1.51. The minimum absolute atomic E-state index is 0.197. The summed E-state index contributed by atoms with van der Waals surface area (Å²) in [5.41, 5.74) is 1.27. The number of allylic oxidation sites excluding steroid dienone is 3. The van der Waals surface area contributed by atoms with Gasteiger partial charge in [-0.05, 0) is 24.3 Å². The molecule has 0 saturated carbocycles. The number of thioether (sulfide) groups is 1. The van der Waals surface area contributed by atoms with E-state index in [4.69, 9.17) is 0 Å². The molecule has 76 valence electrons. The predicted octanol–water partition coefficient (Wildman–Crippen LogP) is 1.83. The second kappa shape index (κ2) is 4.00. The van der Waals surface area contributed by atoms with Gasteiger partial charge in [0.25, 0.3) is 0 Å². The van der Waals surface area contributed by atoms with Crippen molar-refractivity contribution in [3.05, 3.63) is 34.7 Å². The molecule has 0 spiro atoms. The van der Waals surface area contributed by atoms with Gasteiger partial charge >= 0.3 is 0 Å². The standard InChI is InChI=1S/C10H14N2OS/c1-2-8-9(13)12-10(14-8)7-4-3-5-11-6-7/h3-5,10-13H,2,6H2,1H3. The van der Waals surface area contributed by atoms with Crippen molar-refractivity contribution in [2.24, 2.45) is 0 Å². The van der Waals surface area contributed by atoms with Crippen LogP contribution in [0.4, 0.5) is 0 Å². The molecule has 0 amide bonds. The van der Waals surface area contributed by atoms with Crippen LogP contribution in [0.2, 0.25) is 0 Å². The van der Waals surface area contributed by atoms with Crippen LogP contribution >= 0.6 is 11.8 Å². The summed E-state index contributed by atoms with van der Waals surface area (Å²) < 4.78 is 0. The van der Waals surface area contributed by atoms with Crippen molar-refractivity contribution in [1.82, 2.24) is 10.6 Å². The van der Waals surface area contributed by atoms with E-state index in [0.29, 0.717) is 5.88 Å². The third-order valence-corrected chi connectivity index (χ3v) is 3.70. The highest BCUT2D eigenvalue weighted by Gasteiger charge is 2.25. The fourth-order valence-corrected chi connectivity index (χ4v) is 2.61. The van der Waals surface area contributed by atoms with E-state index in [2.05, 4.69) is 23.6 Å². The second-order valence-electron chi connectivity index (χ2n) is 3.25. The Morgan fingerprint density at radius 2 is 2.50 bits per heavy atom. The highest BCUT2D eigenvalue weighted by molar-refractivity contribution is 8.04. The lowest BCUT2D eigenvalue weighted by Gasteiger charge is -2.17. The van der Waals surface area contributed by atoms with Crippen LogP contribution in [0.15, 0.2) is 34.7 Å². The normalized spacial score (nSPS) is 25.8. The zero-order valence-electron chi connectivity index (χ0n) is 8.08. The highest BCUT2D eigenvalue weighted by atomic mass is 32.2. The van der Waals surface area contributed by atoms with Crippen molar-refractivity contribution in [1.29, 1.82) is 0 Å². The SMILES string of the molecule is CCC1=C(O)NC(C2=CC=CNC2)S1. The van der Waals surface area contributed by atoms with Crippen LogP contribution in [0.25, 0.3) is 0 Å². The van der Waals surface area contributed by atoms with Gasteiger partial charge in [-0.25, -0.2) is 0 Å². The summed E-state index contributed by atoms with van der Waals surface area (Å²) in [5, 5.41) is 16.0. The summed E-state index contributed by atoms with van der Waals surface area (Å²) in [6.07, 6.45) is 6.89. The Kier molecular flexibility index (Phi) is 2.72. The molecule has 4 heteroatoms. The molecule has 2 aliphatic heterocycles. The van der Waals surface area contributed by atoms with Crippen molar-refractivity contribution < 1.29 is 5.11 Å². The Balaban J connectivity index is 2.04. The molecule has 0 aromatic heterocycles. The van der Waals surface area contributed by atoms with E-state index in [0.717, 1.165) is 17.9 Å². The monoisotopic (exact) mass is 210 g/mol. The van der Waals surface area contributed by atoms with E-state index < -0.39 is 0 Å². The summed E-state index contributed by atoms with van der Waals surface area (Å²) in [4.78, 5) is 1.05. The first kappa shape index (κ1) is 9.52. The molecule has 3 N–H and O–H groups in total. The van der Waals surface area contributed by atoms with Gasteiger partial charge in [-0.1, -0.05) is 24.8 Å². The van der Waals surface area contributed by atoms with Crippen molar-refractivity contribution in [3.8, 4) is 0 Å². The molecule has 0 aliphatic carbocycles. The number of rotatable bonds is 2. The van der Waals surface area contributed by atoms with Crippen molar-refractivity contribution in [3.63, 3.8) is 0 Å². The van der Waals surface area contributed by atoms with Gasteiger partial charge in [0.1, 0.15) is 5.37 Å². The first-order chi connectivity index (χ1) is 6.81. The van der Waals surface area contributed by atoms with E-state index in [-0.39, 0.29) is 5.37 Å². The Morgan fingerprint density at radius 1 is 1.64 bits per heavy atom. The number of hydrogen-bond acceptors (Lipinski definition) is 4. The number of aliphatic hydroxyl groups is 1. The van der Waals surface area contributed by atoms with E-state index >= 15 is 0 Å². The Hall–Kier alpha value is -1.03. The number of aliphatic hydroxyl groups excluding tert-OH is 1. The fraction of sp³-hybridized carbons (Fsp3) is 0.400. The van der Waals surface area contributed by atoms with Gasteiger partial charge in [0, 0.05) is 11.4 Å². The summed E-state index contributed by atoms with van der Waals surface area (Å²) in [6.45, 7) is 2.90. The summed E-state index contributed by atoms with van der Waals surface area (Å²) in [6, 6.07) is 0.